The summed E-state index contributed by atoms with van der Waals surface area (Å²) < 4.78 is 17.1. The van der Waals surface area contributed by atoms with Gasteiger partial charge in [-0.3, -0.25) is 4.79 Å². The highest BCUT2D eigenvalue weighted by Gasteiger charge is 2.28. The number of aromatic hydroxyl groups is 1. The molecule has 0 radical (unpaired) electrons. The zero-order chi connectivity index (χ0) is 22.0. The van der Waals surface area contributed by atoms with E-state index in [2.05, 4.69) is 11.9 Å². The lowest BCUT2D eigenvalue weighted by Crippen LogP contribution is -2.29. The number of fused-ring (bicyclic) bond motifs is 1. The molecular weight excluding hydrogens is 437 g/mol. The molecule has 1 atom stereocenters. The van der Waals surface area contributed by atoms with Crippen molar-refractivity contribution in [1.29, 1.82) is 0 Å². The Bertz CT molecular complexity index is 1140. The molecule has 0 amide bonds. The van der Waals surface area contributed by atoms with Crippen molar-refractivity contribution in [2.45, 2.75) is 18.8 Å². The van der Waals surface area contributed by atoms with Crippen molar-refractivity contribution >= 4 is 31.4 Å². The lowest BCUT2D eigenvalue weighted by atomic mass is 9.87. The monoisotopic (exact) mass is 461 g/mol. The molecular formula is C23H25ClNO5P. The third-order valence-corrected chi connectivity index (χ3v) is 6.73. The molecule has 2 heterocycles. The van der Waals surface area contributed by atoms with Crippen molar-refractivity contribution in [1.82, 2.24) is 4.90 Å². The summed E-state index contributed by atoms with van der Waals surface area (Å²) in [6, 6.07) is 10.2. The first-order chi connectivity index (χ1) is 15.0. The summed E-state index contributed by atoms with van der Waals surface area (Å²) >= 11 is 6.36. The Kier molecular flexibility index (Phi) is 6.83. The maximum Gasteiger partial charge on any atom is 0.197 e. The van der Waals surface area contributed by atoms with Crippen LogP contribution < -0.4 is 9.95 Å². The molecule has 1 aromatic heterocycles. The molecule has 31 heavy (non-hydrogen) atoms. The Morgan fingerprint density at radius 1 is 1.26 bits per heavy atom. The standard InChI is InChI=1S/C23H25ClNO5P/c1-25-9-7-14(8-10-25)21-17(26)12-20(30-31-13-28-2)22-18(27)11-19(29-23(21)22)15-5-3-4-6-16(15)24/h3-6,11-12,14,26,31H,7-10,13H2,1-2H3. The van der Waals surface area contributed by atoms with Gasteiger partial charge in [-0.15, -0.1) is 0 Å². The van der Waals surface area contributed by atoms with Gasteiger partial charge in [0.25, 0.3) is 0 Å². The van der Waals surface area contributed by atoms with Crippen molar-refractivity contribution in [2.75, 3.05) is 33.6 Å². The summed E-state index contributed by atoms with van der Waals surface area (Å²) in [5.74, 6) is 0.838. The number of rotatable bonds is 6. The van der Waals surface area contributed by atoms with Gasteiger partial charge in [-0.2, -0.15) is 0 Å². The second-order valence-corrected chi connectivity index (χ2v) is 8.91. The molecule has 1 N–H and O–H groups in total. The quantitative estimate of drug-likeness (QED) is 0.401. The molecule has 1 saturated heterocycles. The van der Waals surface area contributed by atoms with Crippen molar-refractivity contribution < 1.29 is 18.8 Å². The van der Waals surface area contributed by atoms with Gasteiger partial charge in [0, 0.05) is 30.4 Å². The number of nitrogens with zero attached hydrogens (tertiary/aromatic N) is 1. The molecule has 6 nitrogen and oxygen atoms in total. The van der Waals surface area contributed by atoms with E-state index in [1.807, 2.05) is 18.2 Å². The number of benzene rings is 2. The van der Waals surface area contributed by atoms with Crippen LogP contribution in [0.5, 0.6) is 11.5 Å². The molecule has 0 aliphatic carbocycles. The van der Waals surface area contributed by atoms with Crippen molar-refractivity contribution in [3.63, 3.8) is 0 Å². The second kappa shape index (κ2) is 9.58. The van der Waals surface area contributed by atoms with Gasteiger partial charge in [-0.05, 0) is 51.0 Å². The van der Waals surface area contributed by atoms with E-state index in [-0.39, 0.29) is 25.9 Å². The fourth-order valence-corrected chi connectivity index (χ4v) is 4.76. The van der Waals surface area contributed by atoms with E-state index < -0.39 is 0 Å². The molecule has 2 aromatic carbocycles. The van der Waals surface area contributed by atoms with Gasteiger partial charge in [-0.25, -0.2) is 0 Å². The second-order valence-electron chi connectivity index (χ2n) is 7.72. The number of ether oxygens (including phenoxy) is 1. The number of phenolic OH excluding ortho intramolecular Hbond substituents is 1. The fourth-order valence-electron chi connectivity index (χ4n) is 4.04. The Morgan fingerprint density at radius 3 is 2.71 bits per heavy atom. The van der Waals surface area contributed by atoms with E-state index in [9.17, 15) is 9.90 Å². The third kappa shape index (κ3) is 4.58. The topological polar surface area (TPSA) is 72.1 Å². The Hall–Kier alpha value is -2.11. The number of phenols is 1. The largest absolute Gasteiger partial charge is 0.507 e. The molecule has 164 valence electrons. The Labute approximate surface area is 187 Å². The maximum atomic E-state index is 13.2. The minimum Gasteiger partial charge on any atom is -0.507 e. The molecule has 3 aromatic rings. The summed E-state index contributed by atoms with van der Waals surface area (Å²) in [5, 5.41) is 11.8. The molecule has 0 saturated carbocycles. The van der Waals surface area contributed by atoms with E-state index in [4.69, 9.17) is 25.3 Å². The minimum absolute atomic E-state index is 0.00819. The van der Waals surface area contributed by atoms with Gasteiger partial charge in [-0.1, -0.05) is 23.7 Å². The molecule has 0 bridgehead atoms. The normalized spacial score (nSPS) is 15.8. The van der Waals surface area contributed by atoms with Crippen LogP contribution in [0.2, 0.25) is 5.02 Å². The number of methoxy groups -OCH3 is 1. The summed E-state index contributed by atoms with van der Waals surface area (Å²) in [4.78, 5) is 15.5. The van der Waals surface area contributed by atoms with Crippen LogP contribution in [0, 0.1) is 0 Å². The van der Waals surface area contributed by atoms with Crippen LogP contribution >= 0.6 is 20.4 Å². The summed E-state index contributed by atoms with van der Waals surface area (Å²) in [7, 11) is 3.66. The van der Waals surface area contributed by atoms with E-state index >= 15 is 0 Å². The van der Waals surface area contributed by atoms with Gasteiger partial charge >= 0.3 is 0 Å². The van der Waals surface area contributed by atoms with Crippen LogP contribution in [0.25, 0.3) is 22.3 Å². The number of halogens is 1. The zero-order valence-electron chi connectivity index (χ0n) is 17.5. The third-order valence-electron chi connectivity index (χ3n) is 5.63. The molecule has 4 rings (SSSR count). The SMILES string of the molecule is COCPOc1cc(O)c(C2CCN(C)CC2)c2oc(-c3ccccc3Cl)cc(=O)c12. The van der Waals surface area contributed by atoms with E-state index in [1.54, 1.807) is 13.2 Å². The number of piperidine rings is 1. The average Bonchev–Trinajstić information content (AvgIpc) is 2.75. The van der Waals surface area contributed by atoms with Crippen molar-refractivity contribution in [2.24, 2.45) is 0 Å². The first kappa shape index (κ1) is 22.1. The van der Waals surface area contributed by atoms with Gasteiger partial charge < -0.3 is 23.7 Å². The molecule has 8 heteroatoms. The first-order valence-corrected chi connectivity index (χ1v) is 11.6. The highest BCUT2D eigenvalue weighted by Crippen LogP contribution is 2.44. The van der Waals surface area contributed by atoms with Crippen molar-refractivity contribution in [3.05, 3.63) is 57.2 Å². The summed E-state index contributed by atoms with van der Waals surface area (Å²) in [5.41, 5.74) is 1.43. The van der Waals surface area contributed by atoms with Crippen LogP contribution in [0.15, 0.2) is 45.6 Å². The molecule has 1 aliphatic rings. The predicted molar refractivity (Wildman–Crippen MR) is 125 cm³/mol. The van der Waals surface area contributed by atoms with Crippen LogP contribution in [0.1, 0.15) is 24.3 Å². The highest BCUT2D eigenvalue weighted by atomic mass is 35.5. The average molecular weight is 462 g/mol. The van der Waals surface area contributed by atoms with Gasteiger partial charge in [0.15, 0.2) is 5.43 Å². The van der Waals surface area contributed by atoms with Gasteiger partial charge in [0.05, 0.1) is 20.2 Å². The van der Waals surface area contributed by atoms with E-state index in [0.717, 1.165) is 25.9 Å². The molecule has 1 fully saturated rings. The van der Waals surface area contributed by atoms with Gasteiger partial charge in [0.2, 0.25) is 0 Å². The van der Waals surface area contributed by atoms with Crippen LogP contribution in [0.4, 0.5) is 0 Å². The number of hydrogen-bond donors (Lipinski definition) is 1. The Morgan fingerprint density at radius 2 is 2.00 bits per heavy atom. The van der Waals surface area contributed by atoms with E-state index in [0.29, 0.717) is 45.0 Å². The Balaban J connectivity index is 1.93. The lowest BCUT2D eigenvalue weighted by molar-refractivity contribution is 0.251. The number of hydrogen-bond acceptors (Lipinski definition) is 6. The van der Waals surface area contributed by atoms with Crippen LogP contribution in [-0.2, 0) is 4.74 Å². The molecule has 1 aliphatic heterocycles. The molecule has 1 unspecified atom stereocenters. The maximum absolute atomic E-state index is 13.2. The zero-order valence-corrected chi connectivity index (χ0v) is 19.2. The first-order valence-electron chi connectivity index (χ1n) is 10.2. The van der Waals surface area contributed by atoms with Crippen LogP contribution in [-0.4, -0.2) is 43.6 Å². The van der Waals surface area contributed by atoms with Gasteiger partial charge in [0.1, 0.15) is 28.2 Å². The van der Waals surface area contributed by atoms with Crippen LogP contribution in [0.3, 0.4) is 0 Å². The summed E-state index contributed by atoms with van der Waals surface area (Å²) in [6.07, 6.45) is 2.12. The smallest absolute Gasteiger partial charge is 0.197 e. The predicted octanol–water partition coefficient (Wildman–Crippen LogP) is 5.20. The minimum atomic E-state index is -0.234. The lowest BCUT2D eigenvalue weighted by Gasteiger charge is -2.30. The van der Waals surface area contributed by atoms with Crippen molar-refractivity contribution in [3.8, 4) is 22.8 Å². The summed E-state index contributed by atoms with van der Waals surface area (Å²) in [6.45, 7) is 1.82. The van der Waals surface area contributed by atoms with E-state index in [1.165, 1.54) is 12.1 Å². The molecule has 0 spiro atoms. The fraction of sp³-hybridized carbons (Fsp3) is 0.348. The highest BCUT2D eigenvalue weighted by molar-refractivity contribution is 7.32. The number of likely N-dealkylation sites (tertiary alicyclic amines) is 1.